The molecule has 1 N–H and O–H groups in total. The Hall–Kier alpha value is -8.32. The molecule has 2 heterocycles. The Morgan fingerprint density at radius 3 is 0.932 bits per heavy atom. The summed E-state index contributed by atoms with van der Waals surface area (Å²) in [6.45, 7) is 1.99. The molecule has 17 nitrogen and oxygen atoms in total. The fourth-order valence-electron chi connectivity index (χ4n) is 8.06. The largest absolute Gasteiger partial charge is 0.452 e. The molecule has 0 aliphatic carbocycles. The lowest BCUT2D eigenvalue weighted by atomic mass is 9.96. The summed E-state index contributed by atoms with van der Waals surface area (Å²) in [7, 11) is 0. The van der Waals surface area contributed by atoms with E-state index < -0.39 is 110 Å². The van der Waals surface area contributed by atoms with Gasteiger partial charge < -0.3 is 52.5 Å². The number of aliphatic hydroxyl groups excluding tert-OH is 1. The van der Waals surface area contributed by atoms with Gasteiger partial charge >= 0.3 is 35.8 Å². The Morgan fingerprint density at radius 1 is 0.378 bits per heavy atom. The Balaban J connectivity index is 1.20. The van der Waals surface area contributed by atoms with Gasteiger partial charge in [-0.1, -0.05) is 115 Å². The SMILES string of the molecule is C=CCO[C@H]1O[C@H](CO[C@H]2O[C@H](CO)[C@@H](OC(=O)c3ccccc3)[C@H](OC(=O)c3ccccc3)[C@@H]2OC(=O)c2ccccc2)[C@@H](OC(=O)c2ccccc2)[C@H](OC(=O)c2ccccc2)[C@@H]1OC(=O)c1ccccc1. The predicted molar refractivity (Wildman–Crippen MR) is 260 cm³/mol. The number of hydrogen-bond donors (Lipinski definition) is 1. The van der Waals surface area contributed by atoms with Gasteiger partial charge in [-0.3, -0.25) is 0 Å². The van der Waals surface area contributed by atoms with Crippen molar-refractivity contribution in [3.05, 3.63) is 228 Å². The summed E-state index contributed by atoms with van der Waals surface area (Å²) >= 11 is 0. The van der Waals surface area contributed by atoms with Crippen LogP contribution in [-0.4, -0.2) is 122 Å². The van der Waals surface area contributed by atoms with E-state index in [1.54, 1.807) is 109 Å². The molecule has 8 rings (SSSR count). The van der Waals surface area contributed by atoms with Crippen LogP contribution in [0.3, 0.4) is 0 Å². The van der Waals surface area contributed by atoms with Gasteiger partial charge in [-0.25, -0.2) is 28.8 Å². The van der Waals surface area contributed by atoms with Gasteiger partial charge in [0.15, 0.2) is 49.2 Å². The summed E-state index contributed by atoms with van der Waals surface area (Å²) in [6, 6.07) is 47.2. The summed E-state index contributed by atoms with van der Waals surface area (Å²) in [5.74, 6) is -5.46. The minimum Gasteiger partial charge on any atom is -0.452 e. The maximum absolute atomic E-state index is 14.1. The van der Waals surface area contributed by atoms with Crippen molar-refractivity contribution in [2.45, 2.75) is 61.4 Å². The fraction of sp³-hybridized carbons (Fsp3) is 0.228. The first-order valence-corrected chi connectivity index (χ1v) is 23.4. The van der Waals surface area contributed by atoms with E-state index in [9.17, 15) is 33.9 Å². The van der Waals surface area contributed by atoms with E-state index in [-0.39, 0.29) is 40.0 Å². The van der Waals surface area contributed by atoms with Gasteiger partial charge in [-0.2, -0.15) is 0 Å². The van der Waals surface area contributed by atoms with E-state index in [2.05, 4.69) is 6.58 Å². The number of hydrogen-bond acceptors (Lipinski definition) is 17. The van der Waals surface area contributed by atoms with Crippen molar-refractivity contribution < 1.29 is 81.2 Å². The van der Waals surface area contributed by atoms with E-state index >= 15 is 0 Å². The molecule has 380 valence electrons. The zero-order valence-corrected chi connectivity index (χ0v) is 39.5. The number of carbonyl (C=O) groups excluding carboxylic acids is 6. The van der Waals surface area contributed by atoms with Gasteiger partial charge in [-0.05, 0) is 72.8 Å². The lowest BCUT2D eigenvalue weighted by molar-refractivity contribution is -0.327. The smallest absolute Gasteiger partial charge is 0.338 e. The third-order valence-electron chi connectivity index (χ3n) is 11.7. The molecule has 2 aliphatic heterocycles. The average Bonchev–Trinajstić information content (AvgIpc) is 3.45. The summed E-state index contributed by atoms with van der Waals surface area (Å²) < 4.78 is 61.9. The van der Waals surface area contributed by atoms with Crippen LogP contribution in [0.15, 0.2) is 195 Å². The molecular formula is C57H50O17. The Bertz CT molecular complexity index is 2820. The van der Waals surface area contributed by atoms with Crippen LogP contribution in [0, 0.1) is 0 Å². The molecule has 6 aromatic rings. The molecule has 0 saturated carbocycles. The fourth-order valence-corrected chi connectivity index (χ4v) is 8.06. The highest BCUT2D eigenvalue weighted by molar-refractivity contribution is 5.92. The molecule has 10 atom stereocenters. The van der Waals surface area contributed by atoms with Crippen molar-refractivity contribution in [3.8, 4) is 0 Å². The van der Waals surface area contributed by atoms with Crippen LogP contribution in [0.25, 0.3) is 0 Å². The van der Waals surface area contributed by atoms with Crippen LogP contribution < -0.4 is 0 Å². The van der Waals surface area contributed by atoms with Crippen molar-refractivity contribution in [2.24, 2.45) is 0 Å². The van der Waals surface area contributed by atoms with E-state index in [4.69, 9.17) is 47.4 Å². The minimum absolute atomic E-state index is 0.0615. The van der Waals surface area contributed by atoms with E-state index in [0.717, 1.165) is 0 Å². The maximum Gasteiger partial charge on any atom is 0.338 e. The summed E-state index contributed by atoms with van der Waals surface area (Å²) in [5, 5.41) is 10.9. The topological polar surface area (TPSA) is 215 Å². The lowest BCUT2D eigenvalue weighted by Gasteiger charge is -2.46. The maximum atomic E-state index is 14.1. The van der Waals surface area contributed by atoms with Crippen molar-refractivity contribution in [3.63, 3.8) is 0 Å². The minimum atomic E-state index is -1.80. The molecule has 17 heteroatoms. The molecule has 0 bridgehead atoms. The van der Waals surface area contributed by atoms with E-state index in [1.165, 1.54) is 78.9 Å². The highest BCUT2D eigenvalue weighted by Gasteiger charge is 2.56. The van der Waals surface area contributed by atoms with Crippen molar-refractivity contribution >= 4 is 35.8 Å². The second kappa shape index (κ2) is 25.4. The van der Waals surface area contributed by atoms with Crippen molar-refractivity contribution in [1.82, 2.24) is 0 Å². The van der Waals surface area contributed by atoms with Crippen LogP contribution in [0.1, 0.15) is 62.1 Å². The van der Waals surface area contributed by atoms with Crippen LogP contribution in [-0.2, 0) is 47.4 Å². The third kappa shape index (κ3) is 13.0. The molecule has 6 aromatic carbocycles. The highest BCUT2D eigenvalue weighted by atomic mass is 16.8. The molecule has 0 aromatic heterocycles. The van der Waals surface area contributed by atoms with Crippen LogP contribution >= 0.6 is 0 Å². The van der Waals surface area contributed by atoms with Crippen molar-refractivity contribution in [1.29, 1.82) is 0 Å². The molecule has 2 fully saturated rings. The van der Waals surface area contributed by atoms with Crippen LogP contribution in [0.2, 0.25) is 0 Å². The summed E-state index contributed by atoms with van der Waals surface area (Å²) in [6.07, 6.45) is -15.2. The first kappa shape index (κ1) is 52.0. The number of benzene rings is 6. The van der Waals surface area contributed by atoms with Crippen LogP contribution in [0.5, 0.6) is 0 Å². The van der Waals surface area contributed by atoms with Gasteiger partial charge in [-0.15, -0.1) is 6.58 Å². The molecule has 2 saturated heterocycles. The normalized spacial score (nSPS) is 23.2. The number of ether oxygens (including phenoxy) is 10. The number of rotatable bonds is 19. The zero-order valence-electron chi connectivity index (χ0n) is 39.5. The lowest BCUT2D eigenvalue weighted by Crippen LogP contribution is -2.65. The molecular weight excluding hydrogens is 957 g/mol. The van der Waals surface area contributed by atoms with Gasteiger partial charge in [0.25, 0.3) is 0 Å². The summed E-state index contributed by atoms with van der Waals surface area (Å²) in [4.78, 5) is 84.0. The quantitative estimate of drug-likeness (QED) is 0.0491. The monoisotopic (exact) mass is 1010 g/mol. The number of aliphatic hydroxyl groups is 1. The molecule has 0 unspecified atom stereocenters. The molecule has 2 aliphatic rings. The van der Waals surface area contributed by atoms with Gasteiger partial charge in [0.2, 0.25) is 0 Å². The molecule has 0 amide bonds. The Kier molecular flexibility index (Phi) is 17.8. The zero-order chi connectivity index (χ0) is 51.8. The Morgan fingerprint density at radius 2 is 0.635 bits per heavy atom. The second-order valence-electron chi connectivity index (χ2n) is 16.6. The van der Waals surface area contributed by atoms with E-state index in [0.29, 0.717) is 0 Å². The van der Waals surface area contributed by atoms with E-state index in [1.807, 2.05) is 0 Å². The first-order chi connectivity index (χ1) is 36.1. The van der Waals surface area contributed by atoms with Crippen molar-refractivity contribution in [2.75, 3.05) is 19.8 Å². The Labute approximate surface area is 425 Å². The molecule has 0 spiro atoms. The van der Waals surface area contributed by atoms with Gasteiger partial charge in [0.05, 0.1) is 53.2 Å². The predicted octanol–water partition coefficient (Wildman–Crippen LogP) is 7.00. The first-order valence-electron chi connectivity index (χ1n) is 23.4. The van der Waals surface area contributed by atoms with Gasteiger partial charge in [0, 0.05) is 0 Å². The van der Waals surface area contributed by atoms with Gasteiger partial charge in [0.1, 0.15) is 12.2 Å². The highest BCUT2D eigenvalue weighted by Crippen LogP contribution is 2.35. The number of esters is 6. The standard InChI is InChI=1S/C57H50O17/c1-2-33-65-56-48(73-54(63)40-29-17-7-18-30-40)47(72-53(62)39-27-15-6-16-28-39)45(70-51(60)37-23-11-4-12-24-37)43(68-56)35-66-57-49(74-55(64)41-31-19-8-20-32-41)46(71-52(61)38-25-13-5-14-26-38)44(42(34-58)67-57)69-50(59)36-21-9-3-10-22-36/h2-32,42-49,56-58H,1,33-35H2/t42-,43-,44-,45-,46+,47+,48+,49+,56+,57+/m1/s1. The summed E-state index contributed by atoms with van der Waals surface area (Å²) in [5.41, 5.74) is 0.515. The molecule has 0 radical (unpaired) electrons. The second-order valence-corrected chi connectivity index (χ2v) is 16.6. The third-order valence-corrected chi connectivity index (χ3v) is 11.7. The molecule has 74 heavy (non-hydrogen) atoms. The average molecular weight is 1010 g/mol. The van der Waals surface area contributed by atoms with Crippen LogP contribution in [0.4, 0.5) is 0 Å². The number of carbonyl (C=O) groups is 6.